The van der Waals surface area contributed by atoms with Crippen LogP contribution in [0, 0.1) is 16.7 Å². The summed E-state index contributed by atoms with van der Waals surface area (Å²) in [6.45, 7) is 2.23. The predicted molar refractivity (Wildman–Crippen MR) is 77.9 cm³/mol. The molecule has 1 saturated heterocycles. The SMILES string of the molecule is N#Cc1cc(N)ccc1N1CC2(CCCCCC2)C1. The summed E-state index contributed by atoms with van der Waals surface area (Å²) in [4.78, 5) is 2.35. The lowest BCUT2D eigenvalue weighted by Gasteiger charge is -2.52. The molecule has 0 atom stereocenters. The summed E-state index contributed by atoms with van der Waals surface area (Å²) >= 11 is 0. The van der Waals surface area contributed by atoms with E-state index in [2.05, 4.69) is 11.0 Å². The molecule has 2 fully saturated rings. The van der Waals surface area contributed by atoms with Crippen LogP contribution < -0.4 is 10.6 Å². The van der Waals surface area contributed by atoms with Crippen molar-refractivity contribution in [2.45, 2.75) is 38.5 Å². The summed E-state index contributed by atoms with van der Waals surface area (Å²) in [6.07, 6.45) is 8.27. The largest absolute Gasteiger partial charge is 0.399 e. The standard InChI is InChI=1S/C16H21N3/c17-10-13-9-14(18)5-6-15(13)19-11-16(12-19)7-3-1-2-4-8-16/h5-6,9H,1-4,7-8,11-12,18H2. The molecule has 0 amide bonds. The molecule has 1 aliphatic heterocycles. The predicted octanol–water partition coefficient (Wildman–Crippen LogP) is 3.30. The second-order valence-corrected chi connectivity index (χ2v) is 6.16. The monoisotopic (exact) mass is 255 g/mol. The fourth-order valence-corrected chi connectivity index (χ4v) is 3.65. The first kappa shape index (κ1) is 12.3. The summed E-state index contributed by atoms with van der Waals surface area (Å²) < 4.78 is 0. The molecule has 1 aromatic carbocycles. The van der Waals surface area contributed by atoms with Gasteiger partial charge < -0.3 is 10.6 Å². The minimum atomic E-state index is 0.532. The molecule has 2 aliphatic rings. The molecule has 3 heteroatoms. The van der Waals surface area contributed by atoms with Crippen molar-refractivity contribution in [3.05, 3.63) is 23.8 Å². The minimum Gasteiger partial charge on any atom is -0.399 e. The van der Waals surface area contributed by atoms with Crippen molar-refractivity contribution in [1.82, 2.24) is 0 Å². The highest BCUT2D eigenvalue weighted by Crippen LogP contribution is 2.45. The smallest absolute Gasteiger partial charge is 0.101 e. The van der Waals surface area contributed by atoms with E-state index in [1.807, 2.05) is 12.1 Å². The van der Waals surface area contributed by atoms with Gasteiger partial charge in [0.05, 0.1) is 11.3 Å². The highest BCUT2D eigenvalue weighted by molar-refractivity contribution is 5.65. The lowest BCUT2D eigenvalue weighted by Crippen LogP contribution is -2.56. The zero-order valence-electron chi connectivity index (χ0n) is 11.4. The number of rotatable bonds is 1. The van der Waals surface area contributed by atoms with Crippen molar-refractivity contribution in [2.75, 3.05) is 23.7 Å². The molecular weight excluding hydrogens is 234 g/mol. The van der Waals surface area contributed by atoms with Gasteiger partial charge in [-0.2, -0.15) is 5.26 Å². The molecule has 0 aromatic heterocycles. The van der Waals surface area contributed by atoms with Gasteiger partial charge in [-0.1, -0.05) is 25.7 Å². The van der Waals surface area contributed by atoms with Crippen LogP contribution in [0.3, 0.4) is 0 Å². The van der Waals surface area contributed by atoms with Crippen LogP contribution in [0.15, 0.2) is 18.2 Å². The van der Waals surface area contributed by atoms with Gasteiger partial charge in [0.2, 0.25) is 0 Å². The van der Waals surface area contributed by atoms with Crippen LogP contribution >= 0.6 is 0 Å². The molecule has 0 radical (unpaired) electrons. The maximum atomic E-state index is 9.23. The van der Waals surface area contributed by atoms with Crippen LogP contribution in [0.4, 0.5) is 11.4 Å². The Labute approximate surface area is 115 Å². The van der Waals surface area contributed by atoms with Crippen LogP contribution in [0.25, 0.3) is 0 Å². The molecule has 3 nitrogen and oxygen atoms in total. The van der Waals surface area contributed by atoms with E-state index < -0.39 is 0 Å². The Morgan fingerprint density at radius 1 is 1.11 bits per heavy atom. The van der Waals surface area contributed by atoms with Gasteiger partial charge in [-0.3, -0.25) is 0 Å². The van der Waals surface area contributed by atoms with Crippen LogP contribution in [0.5, 0.6) is 0 Å². The molecule has 1 heterocycles. The van der Waals surface area contributed by atoms with Crippen molar-refractivity contribution < 1.29 is 0 Å². The van der Waals surface area contributed by atoms with Gasteiger partial charge in [0.25, 0.3) is 0 Å². The summed E-state index contributed by atoms with van der Waals surface area (Å²) in [5.74, 6) is 0. The van der Waals surface area contributed by atoms with Crippen LogP contribution in [-0.4, -0.2) is 13.1 Å². The second kappa shape index (κ2) is 4.77. The van der Waals surface area contributed by atoms with E-state index in [4.69, 9.17) is 5.73 Å². The summed E-state index contributed by atoms with van der Waals surface area (Å²) in [7, 11) is 0. The number of nitrogens with two attached hydrogens (primary N) is 1. The van der Waals surface area contributed by atoms with E-state index >= 15 is 0 Å². The Hall–Kier alpha value is -1.69. The highest BCUT2D eigenvalue weighted by atomic mass is 15.2. The van der Waals surface area contributed by atoms with Crippen molar-refractivity contribution >= 4 is 11.4 Å². The lowest BCUT2D eigenvalue weighted by molar-refractivity contribution is 0.180. The van der Waals surface area contributed by atoms with Gasteiger partial charge in [-0.25, -0.2) is 0 Å². The Morgan fingerprint density at radius 2 is 1.79 bits per heavy atom. The maximum Gasteiger partial charge on any atom is 0.101 e. The molecule has 1 aliphatic carbocycles. The van der Waals surface area contributed by atoms with E-state index in [0.29, 0.717) is 16.7 Å². The molecule has 3 rings (SSSR count). The zero-order chi connectivity index (χ0) is 13.3. The zero-order valence-corrected chi connectivity index (χ0v) is 11.4. The Bertz CT molecular complexity index is 499. The molecule has 19 heavy (non-hydrogen) atoms. The third kappa shape index (κ3) is 2.28. The van der Waals surface area contributed by atoms with Crippen molar-refractivity contribution in [2.24, 2.45) is 5.41 Å². The Morgan fingerprint density at radius 3 is 2.42 bits per heavy atom. The summed E-state index contributed by atoms with van der Waals surface area (Å²) in [6, 6.07) is 7.95. The first-order valence-electron chi connectivity index (χ1n) is 7.27. The molecule has 100 valence electrons. The van der Waals surface area contributed by atoms with Gasteiger partial charge in [-0.05, 0) is 31.0 Å². The van der Waals surface area contributed by atoms with Gasteiger partial charge in [-0.15, -0.1) is 0 Å². The van der Waals surface area contributed by atoms with Crippen LogP contribution in [-0.2, 0) is 0 Å². The molecule has 0 bridgehead atoms. The van der Waals surface area contributed by atoms with E-state index in [1.165, 1.54) is 38.5 Å². The Balaban J connectivity index is 1.75. The molecule has 2 N–H and O–H groups in total. The number of nitrogens with zero attached hydrogens (tertiary/aromatic N) is 2. The lowest BCUT2D eigenvalue weighted by atomic mass is 9.73. The van der Waals surface area contributed by atoms with Crippen molar-refractivity contribution in [3.8, 4) is 6.07 Å². The summed E-state index contributed by atoms with van der Waals surface area (Å²) in [5, 5.41) is 9.23. The second-order valence-electron chi connectivity index (χ2n) is 6.16. The molecule has 1 saturated carbocycles. The number of hydrogen-bond donors (Lipinski definition) is 1. The first-order valence-corrected chi connectivity index (χ1v) is 7.27. The van der Waals surface area contributed by atoms with Gasteiger partial charge in [0, 0.05) is 24.2 Å². The minimum absolute atomic E-state index is 0.532. The number of anilines is 2. The van der Waals surface area contributed by atoms with Gasteiger partial charge in [0.1, 0.15) is 6.07 Å². The van der Waals surface area contributed by atoms with Crippen molar-refractivity contribution in [3.63, 3.8) is 0 Å². The van der Waals surface area contributed by atoms with E-state index in [1.54, 1.807) is 6.07 Å². The first-order chi connectivity index (χ1) is 9.22. The summed E-state index contributed by atoms with van der Waals surface area (Å²) in [5.41, 5.74) is 8.73. The fraction of sp³-hybridized carbons (Fsp3) is 0.562. The number of benzene rings is 1. The third-order valence-corrected chi connectivity index (χ3v) is 4.70. The molecule has 1 aromatic rings. The Kier molecular flexibility index (Phi) is 3.10. The number of nitriles is 1. The van der Waals surface area contributed by atoms with E-state index in [9.17, 15) is 5.26 Å². The van der Waals surface area contributed by atoms with E-state index in [0.717, 1.165) is 18.8 Å². The molecule has 1 spiro atoms. The van der Waals surface area contributed by atoms with E-state index in [-0.39, 0.29) is 0 Å². The van der Waals surface area contributed by atoms with Crippen LogP contribution in [0.1, 0.15) is 44.1 Å². The van der Waals surface area contributed by atoms with Gasteiger partial charge >= 0.3 is 0 Å². The number of hydrogen-bond acceptors (Lipinski definition) is 3. The van der Waals surface area contributed by atoms with Gasteiger partial charge in [0.15, 0.2) is 0 Å². The molecular formula is C16H21N3. The maximum absolute atomic E-state index is 9.23. The normalized spacial score (nSPS) is 21.5. The average molecular weight is 255 g/mol. The quantitative estimate of drug-likeness (QED) is 0.783. The number of nitrogen functional groups attached to an aromatic ring is 1. The van der Waals surface area contributed by atoms with Crippen molar-refractivity contribution in [1.29, 1.82) is 5.26 Å². The fourth-order valence-electron chi connectivity index (χ4n) is 3.65. The third-order valence-electron chi connectivity index (χ3n) is 4.70. The average Bonchev–Trinajstić information content (AvgIpc) is 2.63. The topological polar surface area (TPSA) is 53.1 Å². The highest BCUT2D eigenvalue weighted by Gasteiger charge is 2.43. The molecule has 0 unspecified atom stereocenters. The van der Waals surface area contributed by atoms with Crippen LogP contribution in [0.2, 0.25) is 0 Å².